The summed E-state index contributed by atoms with van der Waals surface area (Å²) in [6.07, 6.45) is 18.3. The highest BCUT2D eigenvalue weighted by molar-refractivity contribution is 5.91. The number of benzene rings is 1. The van der Waals surface area contributed by atoms with Gasteiger partial charge >= 0.3 is 5.63 Å². The average molecular weight is 549 g/mol. The number of allylic oxidation sites excluding steroid dienone is 7. The summed E-state index contributed by atoms with van der Waals surface area (Å²) >= 11 is 0. The molecule has 0 N–H and O–H groups in total. The summed E-state index contributed by atoms with van der Waals surface area (Å²) in [5, 5.41) is 0.608. The summed E-state index contributed by atoms with van der Waals surface area (Å²) in [7, 11) is 0. The Labute approximate surface area is 240 Å². The van der Waals surface area contributed by atoms with E-state index >= 15 is 0 Å². The van der Waals surface area contributed by atoms with Crippen LogP contribution in [0, 0.1) is 0 Å². The predicted molar refractivity (Wildman–Crippen MR) is 168 cm³/mol. The van der Waals surface area contributed by atoms with Crippen molar-refractivity contribution in [3.63, 3.8) is 0 Å². The maximum absolute atomic E-state index is 13.1. The molecular weight excluding hydrogens is 500 g/mol. The van der Waals surface area contributed by atoms with Gasteiger partial charge in [0.15, 0.2) is 5.75 Å². The van der Waals surface area contributed by atoms with E-state index in [2.05, 4.69) is 78.8 Å². The van der Waals surface area contributed by atoms with Crippen LogP contribution in [0.15, 0.2) is 86.2 Å². The first kappa shape index (κ1) is 32.7. The van der Waals surface area contributed by atoms with E-state index in [9.17, 15) is 4.79 Å². The summed E-state index contributed by atoms with van der Waals surface area (Å²) in [5.74, 6) is 1.02. The highest BCUT2D eigenvalue weighted by Gasteiger charge is 2.21. The summed E-state index contributed by atoms with van der Waals surface area (Å²) in [6.45, 7) is 15.7. The second kappa shape index (κ2) is 18.0. The quantitative estimate of drug-likeness (QED) is 0.112. The second-order valence-corrected chi connectivity index (χ2v) is 10.6. The van der Waals surface area contributed by atoms with E-state index in [1.54, 1.807) is 6.07 Å². The molecule has 0 unspecified atom stereocenters. The molecule has 0 atom stereocenters. The van der Waals surface area contributed by atoms with Crippen molar-refractivity contribution in [2.75, 3.05) is 19.8 Å². The van der Waals surface area contributed by atoms with Gasteiger partial charge in [0, 0.05) is 0 Å². The molecule has 2 rings (SSSR count). The molecule has 0 fully saturated rings. The molecule has 5 heteroatoms. The molecule has 0 spiro atoms. The Morgan fingerprint density at radius 1 is 0.750 bits per heavy atom. The van der Waals surface area contributed by atoms with Crippen LogP contribution in [0.3, 0.4) is 0 Å². The zero-order valence-electron chi connectivity index (χ0n) is 25.6. The van der Waals surface area contributed by atoms with Crippen LogP contribution in [-0.4, -0.2) is 19.8 Å². The lowest BCUT2D eigenvalue weighted by Gasteiger charge is -2.15. The van der Waals surface area contributed by atoms with Crippen LogP contribution in [0.2, 0.25) is 0 Å². The second-order valence-electron chi connectivity index (χ2n) is 10.6. The van der Waals surface area contributed by atoms with Gasteiger partial charge in [0.1, 0.15) is 29.9 Å². The summed E-state index contributed by atoms with van der Waals surface area (Å²) in [4.78, 5) is 13.1. The normalized spacial score (nSPS) is 12.1. The summed E-state index contributed by atoms with van der Waals surface area (Å²) < 4.78 is 24.1. The molecular formula is C35H48O5. The van der Waals surface area contributed by atoms with Crippen molar-refractivity contribution in [1.29, 1.82) is 0 Å². The molecule has 0 aliphatic heterocycles. The highest BCUT2D eigenvalue weighted by Crippen LogP contribution is 2.39. The number of hydrogen-bond acceptors (Lipinski definition) is 5. The van der Waals surface area contributed by atoms with Crippen LogP contribution in [0.25, 0.3) is 11.0 Å². The molecule has 40 heavy (non-hydrogen) atoms. The fraction of sp³-hybridized carbons (Fsp3) is 0.457. The topological polar surface area (TPSA) is 57.9 Å². The van der Waals surface area contributed by atoms with E-state index in [1.165, 1.54) is 22.3 Å². The van der Waals surface area contributed by atoms with Crippen LogP contribution >= 0.6 is 0 Å². The molecule has 0 saturated carbocycles. The van der Waals surface area contributed by atoms with Crippen LogP contribution < -0.4 is 19.8 Å². The number of fused-ring (bicyclic) bond motifs is 1. The van der Waals surface area contributed by atoms with E-state index in [0.717, 1.165) is 38.5 Å². The molecule has 1 heterocycles. The third kappa shape index (κ3) is 11.7. The third-order valence-electron chi connectivity index (χ3n) is 6.26. The van der Waals surface area contributed by atoms with Gasteiger partial charge in [-0.2, -0.15) is 0 Å². The molecule has 0 bridgehead atoms. The lowest BCUT2D eigenvalue weighted by molar-refractivity contribution is 0.291. The van der Waals surface area contributed by atoms with Gasteiger partial charge in [-0.1, -0.05) is 59.6 Å². The standard InChI is InChI=1S/C35H48O5/c1-8-9-10-11-23-37-30-19-14-20-31-32(30)33(38-24-21-28(6)17-12-15-26(2)3)34(35(36)40-31)39-25-22-29(7)18-13-16-27(4)5/h9-10,14-16,19-22H,8,11-13,17-18,23-25H2,1-7H3. The Hall–Kier alpha value is -3.47. The van der Waals surface area contributed by atoms with Crippen molar-refractivity contribution in [2.45, 2.75) is 87.0 Å². The molecule has 1 aromatic heterocycles. The maximum Gasteiger partial charge on any atom is 0.383 e. The number of rotatable bonds is 17. The van der Waals surface area contributed by atoms with Gasteiger partial charge in [-0.15, -0.1) is 0 Å². The van der Waals surface area contributed by atoms with Crippen LogP contribution in [0.5, 0.6) is 17.2 Å². The van der Waals surface area contributed by atoms with Crippen molar-refractivity contribution in [2.24, 2.45) is 0 Å². The lowest BCUT2D eigenvalue weighted by Crippen LogP contribution is -2.11. The molecule has 0 aliphatic carbocycles. The summed E-state index contributed by atoms with van der Waals surface area (Å²) in [5.41, 5.74) is 4.88. The van der Waals surface area contributed by atoms with E-state index in [4.69, 9.17) is 18.6 Å². The molecule has 218 valence electrons. The van der Waals surface area contributed by atoms with Gasteiger partial charge in [0.2, 0.25) is 5.75 Å². The molecule has 0 amide bonds. The first-order chi connectivity index (χ1) is 19.2. The Balaban J connectivity index is 2.36. The first-order valence-electron chi connectivity index (χ1n) is 14.4. The molecule has 1 aromatic carbocycles. The summed E-state index contributed by atoms with van der Waals surface area (Å²) in [6, 6.07) is 5.44. The molecule has 0 radical (unpaired) electrons. The third-order valence-corrected chi connectivity index (χ3v) is 6.26. The Kier molecular flexibility index (Phi) is 14.7. The lowest BCUT2D eigenvalue weighted by atomic mass is 10.1. The monoisotopic (exact) mass is 548 g/mol. The molecule has 0 aliphatic rings. The zero-order chi connectivity index (χ0) is 29.3. The van der Waals surface area contributed by atoms with E-state index < -0.39 is 5.63 Å². The number of ether oxygens (including phenoxy) is 3. The van der Waals surface area contributed by atoms with Gasteiger partial charge in [-0.25, -0.2) is 4.79 Å². The van der Waals surface area contributed by atoms with E-state index in [1.807, 2.05) is 18.2 Å². The van der Waals surface area contributed by atoms with Crippen molar-refractivity contribution in [3.8, 4) is 17.2 Å². The Morgan fingerprint density at radius 2 is 1.35 bits per heavy atom. The van der Waals surface area contributed by atoms with Crippen molar-refractivity contribution in [1.82, 2.24) is 0 Å². The smallest absolute Gasteiger partial charge is 0.383 e. The largest absolute Gasteiger partial charge is 0.492 e. The van der Waals surface area contributed by atoms with Gasteiger partial charge in [0.25, 0.3) is 0 Å². The zero-order valence-corrected chi connectivity index (χ0v) is 25.6. The minimum atomic E-state index is -0.564. The fourth-order valence-electron chi connectivity index (χ4n) is 3.99. The minimum absolute atomic E-state index is 0.0679. The predicted octanol–water partition coefficient (Wildman–Crippen LogP) is 9.67. The van der Waals surface area contributed by atoms with Gasteiger partial charge in [-0.3, -0.25) is 0 Å². The van der Waals surface area contributed by atoms with Crippen LogP contribution in [0.4, 0.5) is 0 Å². The van der Waals surface area contributed by atoms with Crippen molar-refractivity contribution in [3.05, 3.63) is 87.4 Å². The fourth-order valence-corrected chi connectivity index (χ4v) is 3.99. The molecule has 0 saturated heterocycles. The van der Waals surface area contributed by atoms with E-state index in [-0.39, 0.29) is 12.4 Å². The van der Waals surface area contributed by atoms with Gasteiger partial charge in [0.05, 0.1) is 6.61 Å². The van der Waals surface area contributed by atoms with Gasteiger partial charge < -0.3 is 18.6 Å². The Bertz CT molecular complexity index is 1280. The SMILES string of the molecule is CCC=CCCOc1cccc2oc(=O)c(OCC=C(C)CCC=C(C)C)c(OCC=C(C)CCC=C(C)C)c12. The Morgan fingerprint density at radius 3 is 1.93 bits per heavy atom. The minimum Gasteiger partial charge on any atom is -0.492 e. The van der Waals surface area contributed by atoms with Crippen molar-refractivity contribution < 1.29 is 18.6 Å². The first-order valence-corrected chi connectivity index (χ1v) is 14.4. The van der Waals surface area contributed by atoms with Crippen LogP contribution in [0.1, 0.15) is 87.0 Å². The maximum atomic E-state index is 13.1. The average Bonchev–Trinajstić information content (AvgIpc) is 2.89. The number of hydrogen-bond donors (Lipinski definition) is 0. The molecule has 2 aromatic rings. The van der Waals surface area contributed by atoms with E-state index in [0.29, 0.717) is 35.7 Å². The van der Waals surface area contributed by atoms with Crippen molar-refractivity contribution >= 4 is 11.0 Å². The highest BCUT2D eigenvalue weighted by atomic mass is 16.5. The van der Waals surface area contributed by atoms with Gasteiger partial charge in [-0.05, 0) is 104 Å². The molecule has 5 nitrogen and oxygen atoms in total. The van der Waals surface area contributed by atoms with Crippen LogP contribution in [-0.2, 0) is 0 Å².